The molecule has 0 radical (unpaired) electrons. The second-order valence-corrected chi connectivity index (χ2v) is 6.84. The molecule has 0 spiro atoms. The van der Waals surface area contributed by atoms with E-state index in [1.807, 2.05) is 27.7 Å². The fourth-order valence-corrected chi connectivity index (χ4v) is 3.65. The van der Waals surface area contributed by atoms with Crippen LogP contribution >= 0.6 is 0 Å². The van der Waals surface area contributed by atoms with Crippen molar-refractivity contribution in [2.24, 2.45) is 0 Å². The van der Waals surface area contributed by atoms with E-state index in [0.29, 0.717) is 31.6 Å². The van der Waals surface area contributed by atoms with E-state index >= 15 is 0 Å². The summed E-state index contributed by atoms with van der Waals surface area (Å²) in [5.74, 6) is 0.743. The van der Waals surface area contributed by atoms with E-state index in [1.165, 1.54) is 0 Å². The third kappa shape index (κ3) is 2.76. The Morgan fingerprint density at radius 3 is 3.07 bits per heavy atom. The highest BCUT2D eigenvalue weighted by Crippen LogP contribution is 2.24. The fourth-order valence-electron chi connectivity index (χ4n) is 3.65. The van der Waals surface area contributed by atoms with Crippen molar-refractivity contribution >= 4 is 16.9 Å². The molecule has 0 atom stereocenters. The SMILES string of the molecule is O=C(c1ccc2c(c1)ncn2CCO)N1CCc2nc(-c3cn[nH]c3)[nH]c2C1. The van der Waals surface area contributed by atoms with Crippen molar-refractivity contribution in [3.8, 4) is 11.4 Å². The number of amides is 1. The van der Waals surface area contributed by atoms with Crippen molar-refractivity contribution in [2.45, 2.75) is 19.5 Å². The molecule has 0 aliphatic carbocycles. The van der Waals surface area contributed by atoms with Gasteiger partial charge in [-0.1, -0.05) is 0 Å². The minimum absolute atomic E-state index is 0.0243. The number of aromatic amines is 2. The summed E-state index contributed by atoms with van der Waals surface area (Å²) in [5.41, 5.74) is 5.13. The van der Waals surface area contributed by atoms with E-state index in [0.717, 1.165) is 33.8 Å². The van der Waals surface area contributed by atoms with E-state index in [-0.39, 0.29) is 12.5 Å². The Kier molecular flexibility index (Phi) is 3.94. The summed E-state index contributed by atoms with van der Waals surface area (Å²) in [6, 6.07) is 5.51. The largest absolute Gasteiger partial charge is 0.395 e. The molecule has 1 aromatic carbocycles. The van der Waals surface area contributed by atoms with Crippen LogP contribution in [0.1, 0.15) is 21.7 Å². The lowest BCUT2D eigenvalue weighted by Crippen LogP contribution is -2.36. The molecule has 4 aromatic rings. The number of hydrogen-bond acceptors (Lipinski definition) is 5. The first-order chi connectivity index (χ1) is 13.7. The number of nitrogens with one attached hydrogen (secondary N) is 2. The van der Waals surface area contributed by atoms with Gasteiger partial charge in [0.15, 0.2) is 0 Å². The van der Waals surface area contributed by atoms with Gasteiger partial charge in [0, 0.05) is 31.3 Å². The van der Waals surface area contributed by atoms with Crippen molar-refractivity contribution in [3.63, 3.8) is 0 Å². The van der Waals surface area contributed by atoms with Crippen molar-refractivity contribution in [3.05, 3.63) is 53.9 Å². The molecular weight excluding hydrogens is 358 g/mol. The number of carbonyl (C=O) groups is 1. The van der Waals surface area contributed by atoms with Crippen LogP contribution in [-0.2, 0) is 19.5 Å². The molecule has 3 N–H and O–H groups in total. The first-order valence-corrected chi connectivity index (χ1v) is 9.15. The monoisotopic (exact) mass is 377 g/mol. The van der Waals surface area contributed by atoms with Crippen molar-refractivity contribution in [1.29, 1.82) is 0 Å². The molecule has 9 heteroatoms. The van der Waals surface area contributed by atoms with Gasteiger partial charge in [-0.3, -0.25) is 9.89 Å². The highest BCUT2D eigenvalue weighted by molar-refractivity contribution is 5.97. The zero-order valence-electron chi connectivity index (χ0n) is 15.1. The summed E-state index contributed by atoms with van der Waals surface area (Å²) < 4.78 is 1.87. The van der Waals surface area contributed by atoms with Crippen molar-refractivity contribution < 1.29 is 9.90 Å². The predicted octanol–water partition coefficient (Wildman–Crippen LogP) is 1.34. The lowest BCUT2D eigenvalue weighted by Gasteiger charge is -2.26. The quantitative estimate of drug-likeness (QED) is 0.496. The Balaban J connectivity index is 1.38. The number of carbonyl (C=O) groups excluding carboxylic acids is 1. The molecule has 1 aliphatic heterocycles. The Labute approximate surface area is 160 Å². The molecule has 1 amide bonds. The van der Waals surface area contributed by atoms with Crippen molar-refractivity contribution in [2.75, 3.05) is 13.2 Å². The number of H-pyrrole nitrogens is 2. The average molecular weight is 377 g/mol. The highest BCUT2D eigenvalue weighted by Gasteiger charge is 2.25. The van der Waals surface area contributed by atoms with E-state index in [1.54, 1.807) is 18.7 Å². The molecule has 5 rings (SSSR count). The van der Waals surface area contributed by atoms with Gasteiger partial charge in [-0.05, 0) is 18.2 Å². The third-order valence-electron chi connectivity index (χ3n) is 5.10. The van der Waals surface area contributed by atoms with Crippen molar-refractivity contribution in [1.82, 2.24) is 34.6 Å². The Bertz CT molecular complexity index is 1140. The highest BCUT2D eigenvalue weighted by atomic mass is 16.3. The number of aliphatic hydroxyl groups is 1. The van der Waals surface area contributed by atoms with Crippen LogP contribution in [0.15, 0.2) is 36.9 Å². The number of benzene rings is 1. The average Bonchev–Trinajstić information content (AvgIpc) is 3.46. The molecule has 0 saturated heterocycles. The number of aliphatic hydroxyl groups excluding tert-OH is 1. The van der Waals surface area contributed by atoms with Crippen LogP contribution in [0.3, 0.4) is 0 Å². The molecular formula is C19H19N7O2. The maximum atomic E-state index is 13.0. The van der Waals surface area contributed by atoms with Gasteiger partial charge >= 0.3 is 0 Å². The smallest absolute Gasteiger partial charge is 0.254 e. The number of rotatable bonds is 4. The van der Waals surface area contributed by atoms with Gasteiger partial charge in [-0.25, -0.2) is 9.97 Å². The second kappa shape index (κ2) is 6.61. The normalized spacial score (nSPS) is 13.8. The van der Waals surface area contributed by atoms with Gasteiger partial charge < -0.3 is 19.6 Å². The molecule has 0 saturated carbocycles. The van der Waals surface area contributed by atoms with Crippen LogP contribution in [0.25, 0.3) is 22.4 Å². The van der Waals surface area contributed by atoms with Gasteiger partial charge in [0.2, 0.25) is 0 Å². The summed E-state index contributed by atoms with van der Waals surface area (Å²) in [6.07, 6.45) is 5.91. The van der Waals surface area contributed by atoms with Crippen LogP contribution < -0.4 is 0 Å². The van der Waals surface area contributed by atoms with Gasteiger partial charge in [0.05, 0.1) is 53.7 Å². The summed E-state index contributed by atoms with van der Waals surface area (Å²) in [6.45, 7) is 1.65. The standard InChI is InChI=1S/C19H19N7O2/c27-6-5-26-11-20-15-7-12(1-2-17(15)26)19(28)25-4-3-14-16(10-25)24-18(23-14)13-8-21-22-9-13/h1-2,7-9,11,27H,3-6,10H2,(H,21,22)(H,23,24). The number of imidazole rings is 2. The van der Waals surface area contributed by atoms with Crippen LogP contribution in [0.5, 0.6) is 0 Å². The molecule has 0 unspecified atom stereocenters. The molecule has 142 valence electrons. The topological polar surface area (TPSA) is 116 Å². The van der Waals surface area contributed by atoms with Gasteiger partial charge in [0.1, 0.15) is 5.82 Å². The van der Waals surface area contributed by atoms with Gasteiger partial charge in [0.25, 0.3) is 5.91 Å². The molecule has 28 heavy (non-hydrogen) atoms. The first kappa shape index (κ1) is 16.7. The molecule has 9 nitrogen and oxygen atoms in total. The minimum Gasteiger partial charge on any atom is -0.395 e. The molecule has 3 aromatic heterocycles. The molecule has 4 heterocycles. The van der Waals surface area contributed by atoms with E-state index < -0.39 is 0 Å². The third-order valence-corrected chi connectivity index (χ3v) is 5.10. The summed E-state index contributed by atoms with van der Waals surface area (Å²) in [4.78, 5) is 27.1. The number of aromatic nitrogens is 6. The van der Waals surface area contributed by atoms with Crippen LogP contribution in [0.4, 0.5) is 0 Å². The number of fused-ring (bicyclic) bond motifs is 2. The lowest BCUT2D eigenvalue weighted by atomic mass is 10.1. The Hall–Kier alpha value is -3.46. The zero-order valence-corrected chi connectivity index (χ0v) is 15.1. The molecule has 0 fully saturated rings. The lowest BCUT2D eigenvalue weighted by molar-refractivity contribution is 0.0732. The summed E-state index contributed by atoms with van der Waals surface area (Å²) in [5, 5.41) is 15.9. The minimum atomic E-state index is -0.0243. The van der Waals surface area contributed by atoms with Gasteiger partial charge in [-0.15, -0.1) is 0 Å². The number of hydrogen-bond donors (Lipinski definition) is 3. The maximum absolute atomic E-state index is 13.0. The maximum Gasteiger partial charge on any atom is 0.254 e. The Morgan fingerprint density at radius 2 is 2.25 bits per heavy atom. The van der Waals surface area contributed by atoms with Gasteiger partial charge in [-0.2, -0.15) is 5.10 Å². The molecule has 0 bridgehead atoms. The van der Waals surface area contributed by atoms with E-state index in [4.69, 9.17) is 5.11 Å². The first-order valence-electron chi connectivity index (χ1n) is 9.15. The number of nitrogens with zero attached hydrogens (tertiary/aromatic N) is 5. The zero-order chi connectivity index (χ0) is 19.1. The van der Waals surface area contributed by atoms with Crippen LogP contribution in [-0.4, -0.2) is 58.8 Å². The second-order valence-electron chi connectivity index (χ2n) is 6.84. The molecule has 1 aliphatic rings. The predicted molar refractivity (Wildman–Crippen MR) is 101 cm³/mol. The summed E-state index contributed by atoms with van der Waals surface area (Å²) in [7, 11) is 0. The van der Waals surface area contributed by atoms with E-state index in [9.17, 15) is 4.79 Å². The van der Waals surface area contributed by atoms with Crippen LogP contribution in [0.2, 0.25) is 0 Å². The Morgan fingerprint density at radius 1 is 1.32 bits per heavy atom. The van der Waals surface area contributed by atoms with E-state index in [2.05, 4.69) is 25.1 Å². The fraction of sp³-hybridized carbons (Fsp3) is 0.263. The summed E-state index contributed by atoms with van der Waals surface area (Å²) >= 11 is 0. The van der Waals surface area contributed by atoms with Crippen LogP contribution in [0, 0.1) is 0 Å².